The molecule has 0 fully saturated rings. The highest BCUT2D eigenvalue weighted by Crippen LogP contribution is 2.10. The van der Waals surface area contributed by atoms with Gasteiger partial charge in [0.15, 0.2) is 5.96 Å². The second kappa shape index (κ2) is 11.8. The van der Waals surface area contributed by atoms with Crippen LogP contribution in [0.3, 0.4) is 0 Å². The van der Waals surface area contributed by atoms with Gasteiger partial charge in [-0.05, 0) is 29.2 Å². The van der Waals surface area contributed by atoms with Gasteiger partial charge in [0.1, 0.15) is 0 Å². The Labute approximate surface area is 167 Å². The number of amides is 1. The number of aliphatic imine (C=N–C) groups is 1. The highest BCUT2D eigenvalue weighted by atomic mass is 16.5. The summed E-state index contributed by atoms with van der Waals surface area (Å²) >= 11 is 0. The molecule has 6 heteroatoms. The summed E-state index contributed by atoms with van der Waals surface area (Å²) in [5.74, 6) is 1.01. The Kier molecular flexibility index (Phi) is 9.01. The Bertz CT molecular complexity index is 762. The summed E-state index contributed by atoms with van der Waals surface area (Å²) in [6.45, 7) is 6.33. The molecule has 0 saturated heterocycles. The maximum absolute atomic E-state index is 11.2. The predicted octanol–water partition coefficient (Wildman–Crippen LogP) is 3.16. The first-order valence-corrected chi connectivity index (χ1v) is 9.49. The molecule has 1 unspecified atom stereocenters. The van der Waals surface area contributed by atoms with Crippen LogP contribution < -0.4 is 16.0 Å². The third-order valence-electron chi connectivity index (χ3n) is 4.06. The van der Waals surface area contributed by atoms with Gasteiger partial charge in [0, 0.05) is 32.7 Å². The SMILES string of the molecule is CN=C(NCc1cccc(NC(C)=O)c1)NCC(C)COCc1ccccc1. The van der Waals surface area contributed by atoms with Crippen LogP contribution in [0.15, 0.2) is 59.6 Å². The minimum Gasteiger partial charge on any atom is -0.376 e. The van der Waals surface area contributed by atoms with Crippen LogP contribution in [-0.4, -0.2) is 32.1 Å². The van der Waals surface area contributed by atoms with E-state index in [2.05, 4.69) is 40.0 Å². The van der Waals surface area contributed by atoms with Gasteiger partial charge in [0.25, 0.3) is 0 Å². The number of nitrogens with one attached hydrogen (secondary N) is 3. The number of carbonyl (C=O) groups is 1. The molecule has 0 aromatic heterocycles. The van der Waals surface area contributed by atoms with Crippen molar-refractivity contribution >= 4 is 17.6 Å². The van der Waals surface area contributed by atoms with Crippen LogP contribution in [0.4, 0.5) is 5.69 Å². The van der Waals surface area contributed by atoms with Crippen LogP contribution in [-0.2, 0) is 22.7 Å². The van der Waals surface area contributed by atoms with Crippen molar-refractivity contribution in [2.45, 2.75) is 27.0 Å². The summed E-state index contributed by atoms with van der Waals surface area (Å²) in [4.78, 5) is 15.4. The van der Waals surface area contributed by atoms with E-state index in [-0.39, 0.29) is 5.91 Å². The lowest BCUT2D eigenvalue weighted by molar-refractivity contribution is -0.114. The van der Waals surface area contributed by atoms with E-state index in [0.29, 0.717) is 25.7 Å². The number of hydrogen-bond acceptors (Lipinski definition) is 3. The number of carbonyl (C=O) groups excluding carboxylic acids is 1. The Morgan fingerprint density at radius 3 is 2.54 bits per heavy atom. The van der Waals surface area contributed by atoms with Gasteiger partial charge < -0.3 is 20.7 Å². The molecule has 0 heterocycles. The first kappa shape index (κ1) is 21.4. The van der Waals surface area contributed by atoms with Gasteiger partial charge in [-0.3, -0.25) is 9.79 Å². The number of nitrogens with zero attached hydrogens (tertiary/aromatic N) is 1. The minimum absolute atomic E-state index is 0.0777. The van der Waals surface area contributed by atoms with Crippen LogP contribution >= 0.6 is 0 Å². The molecular weight excluding hydrogens is 352 g/mol. The van der Waals surface area contributed by atoms with Gasteiger partial charge in [0.2, 0.25) is 5.91 Å². The molecule has 0 aliphatic rings. The molecule has 28 heavy (non-hydrogen) atoms. The molecule has 3 N–H and O–H groups in total. The monoisotopic (exact) mass is 382 g/mol. The molecule has 2 aromatic carbocycles. The van der Waals surface area contributed by atoms with E-state index in [9.17, 15) is 4.79 Å². The average molecular weight is 383 g/mol. The third-order valence-corrected chi connectivity index (χ3v) is 4.06. The van der Waals surface area contributed by atoms with Crippen LogP contribution in [0.1, 0.15) is 25.0 Å². The molecule has 0 spiro atoms. The highest BCUT2D eigenvalue weighted by Gasteiger charge is 2.05. The van der Waals surface area contributed by atoms with Crippen molar-refractivity contribution in [1.29, 1.82) is 0 Å². The minimum atomic E-state index is -0.0777. The zero-order chi connectivity index (χ0) is 20.2. The molecule has 1 atom stereocenters. The summed E-state index contributed by atoms with van der Waals surface area (Å²) < 4.78 is 5.79. The van der Waals surface area contributed by atoms with E-state index in [0.717, 1.165) is 23.8 Å². The molecule has 0 bridgehead atoms. The lowest BCUT2D eigenvalue weighted by Gasteiger charge is -2.16. The van der Waals surface area contributed by atoms with E-state index in [1.54, 1.807) is 7.05 Å². The van der Waals surface area contributed by atoms with Gasteiger partial charge in [-0.15, -0.1) is 0 Å². The molecule has 0 saturated carbocycles. The number of guanidine groups is 1. The van der Waals surface area contributed by atoms with Crippen LogP contribution in [0.25, 0.3) is 0 Å². The summed E-state index contributed by atoms with van der Waals surface area (Å²) in [6.07, 6.45) is 0. The van der Waals surface area contributed by atoms with Crippen molar-refractivity contribution in [3.05, 3.63) is 65.7 Å². The normalized spacial score (nSPS) is 12.3. The smallest absolute Gasteiger partial charge is 0.221 e. The van der Waals surface area contributed by atoms with Crippen LogP contribution in [0, 0.1) is 5.92 Å². The first-order chi connectivity index (χ1) is 13.6. The average Bonchev–Trinajstić information content (AvgIpc) is 2.69. The van der Waals surface area contributed by atoms with E-state index in [1.165, 1.54) is 12.5 Å². The lowest BCUT2D eigenvalue weighted by Crippen LogP contribution is -2.39. The first-order valence-electron chi connectivity index (χ1n) is 9.49. The number of hydrogen-bond donors (Lipinski definition) is 3. The molecule has 0 aliphatic heterocycles. The number of benzene rings is 2. The standard InChI is InChI=1S/C22H30N4O2/c1-17(15-28-16-19-8-5-4-6-9-19)13-24-22(23-3)25-14-20-10-7-11-21(12-20)26-18(2)27/h4-12,17H,13-16H2,1-3H3,(H,26,27)(H2,23,24,25). The maximum atomic E-state index is 11.2. The van der Waals surface area contributed by atoms with Crippen molar-refractivity contribution in [2.75, 3.05) is 25.5 Å². The van der Waals surface area contributed by atoms with Crippen molar-refractivity contribution in [3.8, 4) is 0 Å². The molecule has 0 aliphatic carbocycles. The summed E-state index contributed by atoms with van der Waals surface area (Å²) in [5, 5.41) is 9.40. The molecule has 0 radical (unpaired) electrons. The second-order valence-corrected chi connectivity index (χ2v) is 6.79. The molecule has 2 aromatic rings. The third kappa shape index (κ3) is 8.22. The largest absolute Gasteiger partial charge is 0.376 e. The molecule has 150 valence electrons. The van der Waals surface area contributed by atoms with Crippen molar-refractivity contribution in [3.63, 3.8) is 0 Å². The quantitative estimate of drug-likeness (QED) is 0.460. The lowest BCUT2D eigenvalue weighted by atomic mass is 10.2. The number of rotatable bonds is 9. The van der Waals surface area contributed by atoms with E-state index >= 15 is 0 Å². The zero-order valence-electron chi connectivity index (χ0n) is 16.9. The zero-order valence-corrected chi connectivity index (χ0v) is 16.9. The summed E-state index contributed by atoms with van der Waals surface area (Å²) in [6, 6.07) is 17.9. The van der Waals surface area contributed by atoms with Gasteiger partial charge in [0.05, 0.1) is 13.2 Å². The number of anilines is 1. The Morgan fingerprint density at radius 2 is 1.82 bits per heavy atom. The topological polar surface area (TPSA) is 74.8 Å². The van der Waals surface area contributed by atoms with Crippen LogP contribution in [0.2, 0.25) is 0 Å². The van der Waals surface area contributed by atoms with Gasteiger partial charge in [-0.25, -0.2) is 0 Å². The van der Waals surface area contributed by atoms with Crippen molar-refractivity contribution in [2.24, 2.45) is 10.9 Å². The van der Waals surface area contributed by atoms with E-state index < -0.39 is 0 Å². The Morgan fingerprint density at radius 1 is 1.07 bits per heavy atom. The molecular formula is C22H30N4O2. The summed E-state index contributed by atoms with van der Waals surface area (Å²) in [5.41, 5.74) is 3.04. The number of ether oxygens (including phenoxy) is 1. The van der Waals surface area contributed by atoms with Crippen LogP contribution in [0.5, 0.6) is 0 Å². The van der Waals surface area contributed by atoms with Crippen molar-refractivity contribution in [1.82, 2.24) is 10.6 Å². The maximum Gasteiger partial charge on any atom is 0.221 e. The van der Waals surface area contributed by atoms with Crippen molar-refractivity contribution < 1.29 is 9.53 Å². The molecule has 6 nitrogen and oxygen atoms in total. The van der Waals surface area contributed by atoms with Gasteiger partial charge in [-0.2, -0.15) is 0 Å². The fraction of sp³-hybridized carbons (Fsp3) is 0.364. The predicted molar refractivity (Wildman–Crippen MR) is 114 cm³/mol. The van der Waals surface area contributed by atoms with E-state index in [4.69, 9.17) is 4.74 Å². The van der Waals surface area contributed by atoms with E-state index in [1.807, 2.05) is 42.5 Å². The molecule has 1 amide bonds. The molecule has 2 rings (SSSR count). The van der Waals surface area contributed by atoms with Gasteiger partial charge in [-0.1, -0.05) is 49.4 Å². The highest BCUT2D eigenvalue weighted by molar-refractivity contribution is 5.88. The Balaban J connectivity index is 1.70. The van der Waals surface area contributed by atoms with Gasteiger partial charge >= 0.3 is 0 Å². The fourth-order valence-corrected chi connectivity index (χ4v) is 2.65. The Hall–Kier alpha value is -2.86. The fourth-order valence-electron chi connectivity index (χ4n) is 2.65. The second-order valence-electron chi connectivity index (χ2n) is 6.79. The summed E-state index contributed by atoms with van der Waals surface area (Å²) in [7, 11) is 1.75.